The Morgan fingerprint density at radius 2 is 1.68 bits per heavy atom. The van der Waals surface area contributed by atoms with Gasteiger partial charge in [-0.05, 0) is 46.7 Å². The van der Waals surface area contributed by atoms with E-state index in [4.69, 9.17) is 4.74 Å². The van der Waals surface area contributed by atoms with Gasteiger partial charge in [0.15, 0.2) is 0 Å². The summed E-state index contributed by atoms with van der Waals surface area (Å²) in [5, 5.41) is 2.10. The Balaban J connectivity index is 1.11. The SMILES string of the molecule is O=C(CCN1CCc2sccc2[C@@H]1c1cccc(F)c1)N1CCN(C(=O)COCc2ccccc2)CC1. The Kier molecular flexibility index (Phi) is 8.28. The lowest BCUT2D eigenvalue weighted by Gasteiger charge is -2.38. The lowest BCUT2D eigenvalue weighted by molar-refractivity contribution is -0.142. The van der Waals surface area contributed by atoms with Crippen molar-refractivity contribution in [1.82, 2.24) is 14.7 Å². The summed E-state index contributed by atoms with van der Waals surface area (Å²) in [6.45, 7) is 4.01. The number of hydrogen-bond donors (Lipinski definition) is 0. The Hall–Kier alpha value is -3.07. The third-order valence-electron chi connectivity index (χ3n) is 7.17. The van der Waals surface area contributed by atoms with Crippen LogP contribution in [0.4, 0.5) is 4.39 Å². The number of nitrogens with zero attached hydrogens (tertiary/aromatic N) is 3. The number of fused-ring (bicyclic) bond motifs is 1. The van der Waals surface area contributed by atoms with Crippen LogP contribution in [0.2, 0.25) is 0 Å². The van der Waals surface area contributed by atoms with Crippen molar-refractivity contribution in [3.8, 4) is 0 Å². The molecule has 5 rings (SSSR count). The summed E-state index contributed by atoms with van der Waals surface area (Å²) >= 11 is 1.75. The Morgan fingerprint density at radius 1 is 0.919 bits per heavy atom. The summed E-state index contributed by atoms with van der Waals surface area (Å²) in [5.74, 6) is -0.184. The predicted molar refractivity (Wildman–Crippen MR) is 142 cm³/mol. The highest BCUT2D eigenvalue weighted by Gasteiger charge is 2.31. The quantitative estimate of drug-likeness (QED) is 0.448. The minimum atomic E-state index is -0.242. The molecule has 37 heavy (non-hydrogen) atoms. The lowest BCUT2D eigenvalue weighted by atomic mass is 9.93. The van der Waals surface area contributed by atoms with Crippen molar-refractivity contribution < 1.29 is 18.7 Å². The zero-order valence-electron chi connectivity index (χ0n) is 20.9. The first-order chi connectivity index (χ1) is 18.1. The topological polar surface area (TPSA) is 53.1 Å². The molecule has 2 aliphatic rings. The van der Waals surface area contributed by atoms with Crippen molar-refractivity contribution >= 4 is 23.2 Å². The molecule has 0 saturated carbocycles. The zero-order chi connectivity index (χ0) is 25.6. The maximum Gasteiger partial charge on any atom is 0.248 e. The number of piperazine rings is 1. The summed E-state index contributed by atoms with van der Waals surface area (Å²) in [5.41, 5.74) is 3.18. The Morgan fingerprint density at radius 3 is 2.43 bits per heavy atom. The van der Waals surface area contributed by atoms with Gasteiger partial charge in [0.05, 0.1) is 12.6 Å². The molecule has 3 aromatic rings. The first-order valence-corrected chi connectivity index (χ1v) is 13.7. The van der Waals surface area contributed by atoms with Gasteiger partial charge in [-0.2, -0.15) is 0 Å². The van der Waals surface area contributed by atoms with Gasteiger partial charge < -0.3 is 14.5 Å². The molecule has 1 saturated heterocycles. The smallest absolute Gasteiger partial charge is 0.248 e. The fourth-order valence-electron chi connectivity index (χ4n) is 5.20. The fourth-order valence-corrected chi connectivity index (χ4v) is 6.10. The number of rotatable bonds is 8. The van der Waals surface area contributed by atoms with Crippen molar-refractivity contribution in [3.63, 3.8) is 0 Å². The highest BCUT2D eigenvalue weighted by molar-refractivity contribution is 7.10. The maximum absolute atomic E-state index is 14.0. The molecule has 194 valence electrons. The molecule has 2 aromatic carbocycles. The minimum absolute atomic E-state index is 0.0381. The van der Waals surface area contributed by atoms with Crippen molar-refractivity contribution in [3.05, 3.63) is 93.4 Å². The van der Waals surface area contributed by atoms with Crippen molar-refractivity contribution in [1.29, 1.82) is 0 Å². The van der Waals surface area contributed by atoms with Gasteiger partial charge >= 0.3 is 0 Å². The van der Waals surface area contributed by atoms with Crippen LogP contribution < -0.4 is 0 Å². The standard InChI is InChI=1S/C29H32FN3O3S/c30-24-8-4-7-23(19-24)29-25-11-18-37-26(25)9-12-33(29)13-10-27(34)31-14-16-32(17-15-31)28(35)21-36-20-22-5-2-1-3-6-22/h1-8,11,18-19,29H,9-10,12-17,20-21H2/t29-/m0/s1. The molecule has 6 nitrogen and oxygen atoms in total. The van der Waals surface area contributed by atoms with Gasteiger partial charge in [-0.3, -0.25) is 14.5 Å². The van der Waals surface area contributed by atoms with E-state index in [0.717, 1.165) is 24.1 Å². The van der Waals surface area contributed by atoms with Crippen molar-refractivity contribution in [2.45, 2.75) is 25.5 Å². The third-order valence-corrected chi connectivity index (χ3v) is 8.16. The normalized spacial score (nSPS) is 18.0. The van der Waals surface area contributed by atoms with E-state index in [9.17, 15) is 14.0 Å². The Labute approximate surface area is 221 Å². The molecule has 0 unspecified atom stereocenters. The third kappa shape index (κ3) is 6.26. The molecule has 1 aromatic heterocycles. The van der Waals surface area contributed by atoms with Crippen LogP contribution in [0.3, 0.4) is 0 Å². The average Bonchev–Trinajstić information content (AvgIpc) is 3.41. The number of thiophene rings is 1. The first kappa shape index (κ1) is 25.6. The van der Waals surface area contributed by atoms with Gasteiger partial charge in [-0.15, -0.1) is 11.3 Å². The molecule has 1 atom stereocenters. The van der Waals surface area contributed by atoms with Crippen LogP contribution in [-0.4, -0.2) is 72.4 Å². The number of halogens is 1. The van der Waals surface area contributed by atoms with Crippen LogP contribution in [0.15, 0.2) is 66.0 Å². The van der Waals surface area contributed by atoms with Crippen molar-refractivity contribution in [2.24, 2.45) is 0 Å². The van der Waals surface area contributed by atoms with E-state index >= 15 is 0 Å². The van der Waals surface area contributed by atoms with Crippen LogP contribution in [0.5, 0.6) is 0 Å². The number of amides is 2. The van der Waals surface area contributed by atoms with Gasteiger partial charge in [0, 0.05) is 50.6 Å². The molecule has 3 heterocycles. The predicted octanol–water partition coefficient (Wildman–Crippen LogP) is 4.11. The van der Waals surface area contributed by atoms with Crippen LogP contribution in [0, 0.1) is 5.82 Å². The molecular weight excluding hydrogens is 489 g/mol. The fraction of sp³-hybridized carbons (Fsp3) is 0.379. The second-order valence-corrected chi connectivity index (χ2v) is 10.5. The minimum Gasteiger partial charge on any atom is -0.367 e. The van der Waals surface area contributed by atoms with Gasteiger partial charge in [-0.25, -0.2) is 4.39 Å². The van der Waals surface area contributed by atoms with E-state index in [1.54, 1.807) is 28.4 Å². The van der Waals surface area contributed by atoms with Crippen LogP contribution in [-0.2, 0) is 27.4 Å². The number of carbonyl (C=O) groups excluding carboxylic acids is 2. The molecule has 2 aliphatic heterocycles. The highest BCUT2D eigenvalue weighted by atomic mass is 32.1. The first-order valence-electron chi connectivity index (χ1n) is 12.8. The van der Waals surface area contributed by atoms with Crippen LogP contribution in [0.25, 0.3) is 0 Å². The molecule has 1 fully saturated rings. The monoisotopic (exact) mass is 521 g/mol. The van der Waals surface area contributed by atoms with E-state index in [-0.39, 0.29) is 30.3 Å². The molecule has 0 bridgehead atoms. The summed E-state index contributed by atoms with van der Waals surface area (Å²) in [6, 6.07) is 18.7. The van der Waals surface area contributed by atoms with Crippen molar-refractivity contribution in [2.75, 3.05) is 45.9 Å². The van der Waals surface area contributed by atoms with Crippen LogP contribution >= 0.6 is 11.3 Å². The summed E-state index contributed by atoms with van der Waals surface area (Å²) in [4.78, 5) is 32.9. The van der Waals surface area contributed by atoms with E-state index in [1.165, 1.54) is 16.5 Å². The van der Waals surface area contributed by atoms with E-state index in [1.807, 2.05) is 41.3 Å². The largest absolute Gasteiger partial charge is 0.367 e. The van der Waals surface area contributed by atoms with Gasteiger partial charge in [0.25, 0.3) is 0 Å². The van der Waals surface area contributed by atoms with Gasteiger partial charge in [-0.1, -0.05) is 42.5 Å². The zero-order valence-corrected chi connectivity index (χ0v) is 21.7. The number of ether oxygens (including phenoxy) is 1. The molecule has 0 spiro atoms. The van der Waals surface area contributed by atoms with Crippen LogP contribution in [0.1, 0.15) is 34.0 Å². The maximum atomic E-state index is 14.0. The van der Waals surface area contributed by atoms with E-state index < -0.39 is 0 Å². The summed E-state index contributed by atoms with van der Waals surface area (Å²) < 4.78 is 19.6. The second kappa shape index (κ2) is 12.0. The average molecular weight is 522 g/mol. The number of carbonyl (C=O) groups is 2. The second-order valence-electron chi connectivity index (χ2n) is 9.53. The lowest BCUT2D eigenvalue weighted by Crippen LogP contribution is -2.51. The van der Waals surface area contributed by atoms with E-state index in [0.29, 0.717) is 45.8 Å². The summed E-state index contributed by atoms with van der Waals surface area (Å²) in [7, 11) is 0. The van der Waals surface area contributed by atoms with Gasteiger partial charge in [0.1, 0.15) is 12.4 Å². The molecular formula is C29H32FN3O3S. The molecule has 0 N–H and O–H groups in total. The Bertz CT molecular complexity index is 1210. The highest BCUT2D eigenvalue weighted by Crippen LogP contribution is 2.38. The molecule has 2 amide bonds. The summed E-state index contributed by atoms with van der Waals surface area (Å²) in [6.07, 6.45) is 1.35. The number of benzene rings is 2. The number of hydrogen-bond acceptors (Lipinski definition) is 5. The molecule has 0 aliphatic carbocycles. The van der Waals surface area contributed by atoms with E-state index in [2.05, 4.69) is 16.3 Å². The van der Waals surface area contributed by atoms with Gasteiger partial charge in [0.2, 0.25) is 11.8 Å². The molecule has 8 heteroatoms. The molecule has 0 radical (unpaired) electrons.